The van der Waals surface area contributed by atoms with Crippen LogP contribution in [0.3, 0.4) is 0 Å². The number of benzene rings is 2. The minimum atomic E-state index is -0.0354. The number of hydrogen-bond acceptors (Lipinski definition) is 3. The van der Waals surface area contributed by atoms with Crippen molar-refractivity contribution in [1.29, 1.82) is 0 Å². The second kappa shape index (κ2) is 8.73. The molecule has 0 aliphatic carbocycles. The number of nitrogens with one attached hydrogen (secondary N) is 1. The molecular weight excluding hydrogens is 412 g/mol. The number of nitrogens with zero attached hydrogens (tertiary/aromatic N) is 1. The summed E-state index contributed by atoms with van der Waals surface area (Å²) in [5.74, 6) is 0.532. The lowest BCUT2D eigenvalue weighted by atomic mass is 10.2. The van der Waals surface area contributed by atoms with Crippen molar-refractivity contribution in [2.75, 3.05) is 17.6 Å². The van der Waals surface area contributed by atoms with E-state index >= 15 is 0 Å². The monoisotopic (exact) mass is 432 g/mol. The van der Waals surface area contributed by atoms with E-state index in [4.69, 9.17) is 0 Å². The van der Waals surface area contributed by atoms with Gasteiger partial charge in [0.15, 0.2) is 0 Å². The molecule has 1 N–H and O–H groups in total. The number of anilines is 1. The number of halogens is 1. The van der Waals surface area contributed by atoms with Gasteiger partial charge in [-0.2, -0.15) is 0 Å². The molecule has 3 rings (SSSR count). The maximum atomic E-state index is 12.3. The van der Waals surface area contributed by atoms with E-state index < -0.39 is 0 Å². The minimum Gasteiger partial charge on any atom is -0.338 e. The maximum Gasteiger partial charge on any atom is 0.234 e. The zero-order valence-corrected chi connectivity index (χ0v) is 17.0. The summed E-state index contributed by atoms with van der Waals surface area (Å²) in [6.45, 7) is 3.46. The molecule has 0 radical (unpaired) electrons. The number of rotatable bonds is 6. The molecule has 0 bridgehead atoms. The second-order valence-corrected chi connectivity index (χ2v) is 8.30. The van der Waals surface area contributed by atoms with Gasteiger partial charge in [-0.15, -0.1) is 11.8 Å². The van der Waals surface area contributed by atoms with Crippen molar-refractivity contribution in [2.45, 2.75) is 31.2 Å². The first-order valence-corrected chi connectivity index (χ1v) is 10.3. The Bertz CT molecular complexity index is 825. The lowest BCUT2D eigenvalue weighted by Crippen LogP contribution is -2.23. The summed E-state index contributed by atoms with van der Waals surface area (Å²) in [5, 5.41) is 2.95. The van der Waals surface area contributed by atoms with Crippen LogP contribution in [-0.4, -0.2) is 29.0 Å². The number of carbonyl (C=O) groups excluding carboxylic acids is 2. The highest BCUT2D eigenvalue weighted by molar-refractivity contribution is 9.10. The van der Waals surface area contributed by atoms with Gasteiger partial charge in [0.2, 0.25) is 11.8 Å². The van der Waals surface area contributed by atoms with Gasteiger partial charge >= 0.3 is 0 Å². The van der Waals surface area contributed by atoms with Crippen molar-refractivity contribution in [2.24, 2.45) is 0 Å². The first-order chi connectivity index (χ1) is 12.5. The molecule has 2 aromatic rings. The quantitative estimate of drug-likeness (QED) is 0.677. The van der Waals surface area contributed by atoms with Crippen LogP contribution < -0.4 is 5.32 Å². The summed E-state index contributed by atoms with van der Waals surface area (Å²) in [4.78, 5) is 27.0. The standard InChI is InChI=1S/C20H21BrN2O2S/c1-14-10-16(21)7-8-18(14)26-13-19(24)22-17-5-2-4-15(11-17)12-23-9-3-6-20(23)25/h2,4-5,7-8,10-11H,3,6,9,12-13H2,1H3,(H,22,24). The van der Waals surface area contributed by atoms with Crippen LogP contribution >= 0.6 is 27.7 Å². The van der Waals surface area contributed by atoms with Crippen molar-refractivity contribution in [3.63, 3.8) is 0 Å². The van der Waals surface area contributed by atoms with E-state index in [-0.39, 0.29) is 11.8 Å². The molecule has 2 aromatic carbocycles. The first kappa shape index (κ1) is 19.0. The molecule has 1 saturated heterocycles. The van der Waals surface area contributed by atoms with E-state index in [0.29, 0.717) is 18.7 Å². The van der Waals surface area contributed by atoms with E-state index in [1.807, 2.05) is 54.3 Å². The molecule has 6 heteroatoms. The largest absolute Gasteiger partial charge is 0.338 e. The normalized spacial score (nSPS) is 13.9. The number of likely N-dealkylation sites (tertiary alicyclic amines) is 1. The van der Waals surface area contributed by atoms with E-state index in [2.05, 4.69) is 21.2 Å². The Morgan fingerprint density at radius 2 is 2.12 bits per heavy atom. The molecule has 4 nitrogen and oxygen atoms in total. The Morgan fingerprint density at radius 3 is 2.85 bits per heavy atom. The lowest BCUT2D eigenvalue weighted by molar-refractivity contribution is -0.128. The fourth-order valence-electron chi connectivity index (χ4n) is 2.95. The fourth-order valence-corrected chi connectivity index (χ4v) is 4.24. The van der Waals surface area contributed by atoms with Crippen LogP contribution in [0.4, 0.5) is 5.69 Å². The fraction of sp³-hybridized carbons (Fsp3) is 0.300. The molecule has 1 aliphatic rings. The van der Waals surface area contributed by atoms with Crippen LogP contribution in [0, 0.1) is 6.92 Å². The summed E-state index contributed by atoms with van der Waals surface area (Å²) in [6.07, 6.45) is 1.57. The Morgan fingerprint density at radius 1 is 1.27 bits per heavy atom. The van der Waals surface area contributed by atoms with Gasteiger partial charge in [0.05, 0.1) is 5.75 Å². The molecule has 1 heterocycles. The molecule has 1 fully saturated rings. The number of amides is 2. The van der Waals surface area contributed by atoms with Crippen molar-refractivity contribution >= 4 is 45.2 Å². The molecule has 2 amide bonds. The molecule has 26 heavy (non-hydrogen) atoms. The number of aryl methyl sites for hydroxylation is 1. The summed E-state index contributed by atoms with van der Waals surface area (Å²) >= 11 is 4.98. The third-order valence-corrected chi connectivity index (χ3v) is 5.92. The summed E-state index contributed by atoms with van der Waals surface area (Å²) in [5.41, 5.74) is 2.95. The Hall–Kier alpha value is -1.79. The van der Waals surface area contributed by atoms with Gasteiger partial charge in [-0.1, -0.05) is 28.1 Å². The van der Waals surface area contributed by atoms with Gasteiger partial charge in [0.25, 0.3) is 0 Å². The molecule has 0 spiro atoms. The molecular formula is C20H21BrN2O2S. The van der Waals surface area contributed by atoms with Gasteiger partial charge in [0, 0.05) is 34.6 Å². The van der Waals surface area contributed by atoms with Crippen LogP contribution in [0.25, 0.3) is 0 Å². The average Bonchev–Trinajstić information content (AvgIpc) is 2.99. The SMILES string of the molecule is Cc1cc(Br)ccc1SCC(=O)Nc1cccc(CN2CCCC2=O)c1. The molecule has 136 valence electrons. The van der Waals surface area contributed by atoms with E-state index in [1.54, 1.807) is 0 Å². The smallest absolute Gasteiger partial charge is 0.234 e. The third kappa shape index (κ3) is 5.11. The predicted molar refractivity (Wildman–Crippen MR) is 109 cm³/mol. The van der Waals surface area contributed by atoms with E-state index in [1.165, 1.54) is 11.8 Å². The van der Waals surface area contributed by atoms with Crippen molar-refractivity contribution in [3.8, 4) is 0 Å². The highest BCUT2D eigenvalue weighted by Gasteiger charge is 2.20. The van der Waals surface area contributed by atoms with Crippen LogP contribution in [0.2, 0.25) is 0 Å². The van der Waals surface area contributed by atoms with E-state index in [9.17, 15) is 9.59 Å². The highest BCUT2D eigenvalue weighted by Crippen LogP contribution is 2.25. The maximum absolute atomic E-state index is 12.3. The van der Waals surface area contributed by atoms with E-state index in [0.717, 1.165) is 39.1 Å². The Balaban J connectivity index is 1.55. The van der Waals surface area contributed by atoms with Gasteiger partial charge in [-0.3, -0.25) is 9.59 Å². The highest BCUT2D eigenvalue weighted by atomic mass is 79.9. The van der Waals surface area contributed by atoms with Crippen molar-refractivity contribution in [3.05, 3.63) is 58.1 Å². The summed E-state index contributed by atoms with van der Waals surface area (Å²) in [6, 6.07) is 13.8. The van der Waals surface area contributed by atoms with Gasteiger partial charge in [-0.05, 0) is 54.8 Å². The molecule has 1 aliphatic heterocycles. The number of carbonyl (C=O) groups is 2. The zero-order chi connectivity index (χ0) is 18.5. The lowest BCUT2D eigenvalue weighted by Gasteiger charge is -2.16. The predicted octanol–water partition coefficient (Wildman–Crippen LogP) is 4.61. The van der Waals surface area contributed by atoms with Crippen LogP contribution in [0.15, 0.2) is 51.8 Å². The zero-order valence-electron chi connectivity index (χ0n) is 14.6. The van der Waals surface area contributed by atoms with Gasteiger partial charge < -0.3 is 10.2 Å². The first-order valence-electron chi connectivity index (χ1n) is 8.57. The van der Waals surface area contributed by atoms with Crippen LogP contribution in [-0.2, 0) is 16.1 Å². The van der Waals surface area contributed by atoms with Gasteiger partial charge in [-0.25, -0.2) is 0 Å². The van der Waals surface area contributed by atoms with Crippen LogP contribution in [0.5, 0.6) is 0 Å². The Labute approximate surface area is 166 Å². The number of thioether (sulfide) groups is 1. The topological polar surface area (TPSA) is 49.4 Å². The van der Waals surface area contributed by atoms with Crippen molar-refractivity contribution < 1.29 is 9.59 Å². The summed E-state index contributed by atoms with van der Waals surface area (Å²) in [7, 11) is 0. The average molecular weight is 433 g/mol. The minimum absolute atomic E-state index is 0.0354. The molecule has 0 unspecified atom stereocenters. The molecule has 0 aromatic heterocycles. The third-order valence-electron chi connectivity index (χ3n) is 4.25. The Kier molecular flexibility index (Phi) is 6.38. The van der Waals surface area contributed by atoms with Crippen LogP contribution in [0.1, 0.15) is 24.0 Å². The van der Waals surface area contributed by atoms with Gasteiger partial charge in [0.1, 0.15) is 0 Å². The second-order valence-electron chi connectivity index (χ2n) is 6.37. The molecule has 0 atom stereocenters. The molecule has 0 saturated carbocycles. The van der Waals surface area contributed by atoms with Crippen molar-refractivity contribution in [1.82, 2.24) is 4.90 Å². The number of hydrogen-bond donors (Lipinski definition) is 1. The summed E-state index contributed by atoms with van der Waals surface area (Å²) < 4.78 is 1.04.